The van der Waals surface area contributed by atoms with Gasteiger partial charge < -0.3 is 9.84 Å². The van der Waals surface area contributed by atoms with Gasteiger partial charge >= 0.3 is 5.97 Å². The maximum atomic E-state index is 11.1. The van der Waals surface area contributed by atoms with Gasteiger partial charge in [-0.25, -0.2) is 0 Å². The van der Waals surface area contributed by atoms with E-state index in [9.17, 15) is 4.79 Å². The lowest BCUT2D eigenvalue weighted by Crippen LogP contribution is -2.07. The van der Waals surface area contributed by atoms with Crippen LogP contribution in [0.4, 0.5) is 0 Å². The molecule has 0 aliphatic rings. The number of carboxylic acid groups (broad SMARTS) is 1. The number of fused-ring (bicyclic) bond motifs is 1. The van der Waals surface area contributed by atoms with Gasteiger partial charge in [0.2, 0.25) is 0 Å². The highest BCUT2D eigenvalue weighted by atomic mass is 16.5. The number of ether oxygens (including phenoxy) is 1. The minimum Gasteiger partial charge on any atom is -0.493 e. The molecule has 4 heteroatoms. The normalized spacial score (nSPS) is 12.1. The molecule has 3 rings (SSSR count). The van der Waals surface area contributed by atoms with Crippen molar-refractivity contribution in [3.8, 4) is 5.75 Å². The average molecular weight is 349 g/mol. The highest BCUT2D eigenvalue weighted by Gasteiger charge is 2.13. The molecule has 4 nitrogen and oxygen atoms in total. The molecule has 0 aliphatic heterocycles. The van der Waals surface area contributed by atoms with Gasteiger partial charge in [0.15, 0.2) is 0 Å². The van der Waals surface area contributed by atoms with E-state index < -0.39 is 11.9 Å². The lowest BCUT2D eigenvalue weighted by molar-refractivity contribution is -0.138. The summed E-state index contributed by atoms with van der Waals surface area (Å²) >= 11 is 0. The van der Waals surface area contributed by atoms with Crippen LogP contribution in [-0.4, -0.2) is 22.7 Å². The van der Waals surface area contributed by atoms with Crippen LogP contribution in [0, 0.1) is 0 Å². The van der Waals surface area contributed by atoms with Crippen molar-refractivity contribution < 1.29 is 14.6 Å². The summed E-state index contributed by atoms with van der Waals surface area (Å²) < 4.78 is 5.86. The smallest absolute Gasteiger partial charge is 0.310 e. The molecular formula is C22H23NO3. The van der Waals surface area contributed by atoms with E-state index in [4.69, 9.17) is 9.84 Å². The van der Waals surface area contributed by atoms with Crippen molar-refractivity contribution in [2.45, 2.75) is 32.6 Å². The van der Waals surface area contributed by atoms with Gasteiger partial charge in [0, 0.05) is 18.3 Å². The van der Waals surface area contributed by atoms with E-state index in [0.29, 0.717) is 6.61 Å². The Balaban J connectivity index is 1.65. The minimum atomic E-state index is -0.815. The molecule has 0 bridgehead atoms. The third-order valence-electron chi connectivity index (χ3n) is 4.63. The van der Waals surface area contributed by atoms with E-state index in [0.717, 1.165) is 40.6 Å². The summed E-state index contributed by atoms with van der Waals surface area (Å²) in [6, 6.07) is 15.8. The summed E-state index contributed by atoms with van der Waals surface area (Å²) in [4.78, 5) is 15.6. The molecular weight excluding hydrogens is 326 g/mol. The van der Waals surface area contributed by atoms with Gasteiger partial charge in [-0.2, -0.15) is 0 Å². The maximum Gasteiger partial charge on any atom is 0.310 e. The Morgan fingerprint density at radius 2 is 1.88 bits per heavy atom. The third kappa shape index (κ3) is 4.20. The molecule has 1 atom stereocenters. The molecule has 0 aliphatic carbocycles. The summed E-state index contributed by atoms with van der Waals surface area (Å²) in [6.45, 7) is 4.38. The van der Waals surface area contributed by atoms with Crippen LogP contribution >= 0.6 is 0 Å². The Bertz CT molecular complexity index is 903. The first-order valence-electron chi connectivity index (χ1n) is 8.90. The Labute approximate surface area is 153 Å². The van der Waals surface area contributed by atoms with Gasteiger partial charge in [-0.05, 0) is 53.4 Å². The topological polar surface area (TPSA) is 59.4 Å². The molecule has 1 aromatic heterocycles. The summed E-state index contributed by atoms with van der Waals surface area (Å²) in [6.07, 6.45) is 3.67. The summed E-state index contributed by atoms with van der Waals surface area (Å²) in [5.41, 5.74) is 3.07. The number of carboxylic acids is 1. The van der Waals surface area contributed by atoms with E-state index in [-0.39, 0.29) is 0 Å². The number of carbonyl (C=O) groups is 1. The van der Waals surface area contributed by atoms with Gasteiger partial charge in [0.1, 0.15) is 5.75 Å². The van der Waals surface area contributed by atoms with Crippen LogP contribution < -0.4 is 4.74 Å². The lowest BCUT2D eigenvalue weighted by atomic mass is 9.98. The van der Waals surface area contributed by atoms with Crippen molar-refractivity contribution in [3.63, 3.8) is 0 Å². The van der Waals surface area contributed by atoms with E-state index in [2.05, 4.69) is 18.0 Å². The van der Waals surface area contributed by atoms with Gasteiger partial charge in [0.05, 0.1) is 12.5 Å². The number of hydrogen-bond acceptors (Lipinski definition) is 3. The standard InChI is InChI=1S/C22H23NO3/c1-3-16-4-8-20(23-14-16)10-11-26-21-9-7-18-12-17(15(2)22(24)25)5-6-19(18)13-21/h4-9,12-15H,3,10-11H2,1-2H3,(H,24,25)/t15-/m0/s1. The molecule has 0 radical (unpaired) electrons. The number of aryl methyl sites for hydroxylation is 1. The van der Waals surface area contributed by atoms with Gasteiger partial charge in [-0.3, -0.25) is 9.78 Å². The Kier molecular flexibility index (Phi) is 5.52. The number of pyridine rings is 1. The maximum absolute atomic E-state index is 11.1. The zero-order valence-electron chi connectivity index (χ0n) is 15.1. The van der Waals surface area contributed by atoms with Gasteiger partial charge in [-0.1, -0.05) is 37.3 Å². The van der Waals surface area contributed by atoms with Crippen molar-refractivity contribution in [2.24, 2.45) is 0 Å². The van der Waals surface area contributed by atoms with Crippen LogP contribution in [0.3, 0.4) is 0 Å². The second-order valence-corrected chi connectivity index (χ2v) is 6.44. The molecule has 26 heavy (non-hydrogen) atoms. The molecule has 134 valence electrons. The van der Waals surface area contributed by atoms with Crippen molar-refractivity contribution in [1.82, 2.24) is 4.98 Å². The summed E-state index contributed by atoms with van der Waals surface area (Å²) in [7, 11) is 0. The van der Waals surface area contributed by atoms with E-state index >= 15 is 0 Å². The van der Waals surface area contributed by atoms with E-state index in [1.165, 1.54) is 5.56 Å². The molecule has 0 saturated heterocycles. The van der Waals surface area contributed by atoms with E-state index in [1.54, 1.807) is 6.92 Å². The van der Waals surface area contributed by atoms with E-state index in [1.807, 2.05) is 48.7 Å². The van der Waals surface area contributed by atoms with Crippen LogP contribution in [-0.2, 0) is 17.6 Å². The Hall–Kier alpha value is -2.88. The van der Waals surface area contributed by atoms with Crippen molar-refractivity contribution in [1.29, 1.82) is 0 Å². The summed E-state index contributed by atoms with van der Waals surface area (Å²) in [5, 5.41) is 11.2. The van der Waals surface area contributed by atoms with Crippen LogP contribution in [0.15, 0.2) is 54.7 Å². The summed E-state index contributed by atoms with van der Waals surface area (Å²) in [5.74, 6) is -0.520. The number of aromatic nitrogens is 1. The fraction of sp³-hybridized carbons (Fsp3) is 0.273. The van der Waals surface area contributed by atoms with Crippen LogP contribution in [0.25, 0.3) is 10.8 Å². The van der Waals surface area contributed by atoms with Gasteiger partial charge in [-0.15, -0.1) is 0 Å². The molecule has 0 spiro atoms. The Morgan fingerprint density at radius 1 is 1.12 bits per heavy atom. The fourth-order valence-corrected chi connectivity index (χ4v) is 2.83. The fourth-order valence-electron chi connectivity index (χ4n) is 2.83. The zero-order chi connectivity index (χ0) is 18.5. The molecule has 0 saturated carbocycles. The first-order valence-corrected chi connectivity index (χ1v) is 8.90. The SMILES string of the molecule is CCc1ccc(CCOc2ccc3cc([C@H](C)C(=O)O)ccc3c2)nc1. The predicted octanol–water partition coefficient (Wildman–Crippen LogP) is 4.61. The number of rotatable bonds is 7. The number of nitrogens with zero attached hydrogens (tertiary/aromatic N) is 1. The number of benzene rings is 2. The predicted molar refractivity (Wildman–Crippen MR) is 103 cm³/mol. The highest BCUT2D eigenvalue weighted by Crippen LogP contribution is 2.25. The van der Waals surface area contributed by atoms with Crippen molar-refractivity contribution >= 4 is 16.7 Å². The molecule has 0 unspecified atom stereocenters. The number of hydrogen-bond donors (Lipinski definition) is 1. The average Bonchev–Trinajstić information content (AvgIpc) is 2.67. The molecule has 0 fully saturated rings. The molecule has 0 amide bonds. The molecule has 1 heterocycles. The molecule has 2 aromatic carbocycles. The number of aliphatic carboxylic acids is 1. The minimum absolute atomic E-state index is 0.512. The van der Waals surface area contributed by atoms with Gasteiger partial charge in [0.25, 0.3) is 0 Å². The molecule has 1 N–H and O–H groups in total. The third-order valence-corrected chi connectivity index (χ3v) is 4.63. The van der Waals surface area contributed by atoms with Crippen molar-refractivity contribution in [2.75, 3.05) is 6.61 Å². The van der Waals surface area contributed by atoms with Crippen molar-refractivity contribution in [3.05, 3.63) is 71.5 Å². The second-order valence-electron chi connectivity index (χ2n) is 6.44. The quantitative estimate of drug-likeness (QED) is 0.677. The first-order chi connectivity index (χ1) is 12.6. The first kappa shape index (κ1) is 17.9. The van der Waals surface area contributed by atoms with Crippen LogP contribution in [0.5, 0.6) is 5.75 Å². The largest absolute Gasteiger partial charge is 0.493 e. The van der Waals surface area contributed by atoms with Crippen LogP contribution in [0.1, 0.15) is 36.6 Å². The van der Waals surface area contributed by atoms with Crippen LogP contribution in [0.2, 0.25) is 0 Å². The second kappa shape index (κ2) is 8.00. The highest BCUT2D eigenvalue weighted by molar-refractivity contribution is 5.86. The molecule has 3 aromatic rings. The lowest BCUT2D eigenvalue weighted by Gasteiger charge is -2.10. The Morgan fingerprint density at radius 3 is 2.58 bits per heavy atom. The zero-order valence-corrected chi connectivity index (χ0v) is 15.1. The monoisotopic (exact) mass is 349 g/mol.